The van der Waals surface area contributed by atoms with Gasteiger partial charge in [0.2, 0.25) is 0 Å². The zero-order valence-corrected chi connectivity index (χ0v) is 18.3. The van der Waals surface area contributed by atoms with Gasteiger partial charge >= 0.3 is 6.01 Å². The third kappa shape index (κ3) is 4.06. The number of carbonyl (C=O) groups excluding carboxylic acids is 1. The highest BCUT2D eigenvalue weighted by molar-refractivity contribution is 6.11. The van der Waals surface area contributed by atoms with Crippen molar-refractivity contribution in [3.63, 3.8) is 0 Å². The van der Waals surface area contributed by atoms with E-state index in [9.17, 15) is 9.90 Å². The number of fused-ring (bicyclic) bond motifs is 3. The molecule has 1 aliphatic heterocycles. The summed E-state index contributed by atoms with van der Waals surface area (Å²) in [6.07, 6.45) is 1.66. The molecule has 1 aliphatic rings. The molecule has 33 heavy (non-hydrogen) atoms. The van der Waals surface area contributed by atoms with Gasteiger partial charge in [-0.3, -0.25) is 9.48 Å². The number of aliphatic hydroxyl groups excluding tert-OH is 1. The number of amides is 1. The number of hydrogen-bond donors (Lipinski definition) is 2. The minimum absolute atomic E-state index is 0.139. The van der Waals surface area contributed by atoms with Gasteiger partial charge in [-0.2, -0.15) is 10.1 Å². The quantitative estimate of drug-likeness (QED) is 0.457. The van der Waals surface area contributed by atoms with Gasteiger partial charge in [0.1, 0.15) is 11.3 Å². The van der Waals surface area contributed by atoms with Crippen molar-refractivity contribution in [1.29, 1.82) is 0 Å². The minimum Gasteiger partial charge on any atom is -0.424 e. The third-order valence-corrected chi connectivity index (χ3v) is 5.90. The van der Waals surface area contributed by atoms with Crippen LogP contribution in [0.5, 0.6) is 11.8 Å². The van der Waals surface area contributed by atoms with Crippen LogP contribution < -0.4 is 15.4 Å². The number of nitrogens with two attached hydrogens (primary N) is 1. The van der Waals surface area contributed by atoms with Crippen molar-refractivity contribution in [2.24, 2.45) is 5.73 Å². The zero-order valence-electron chi connectivity index (χ0n) is 18.3. The largest absolute Gasteiger partial charge is 0.424 e. The van der Waals surface area contributed by atoms with E-state index in [-0.39, 0.29) is 24.9 Å². The summed E-state index contributed by atoms with van der Waals surface area (Å²) in [6, 6.07) is 11.6. The van der Waals surface area contributed by atoms with Gasteiger partial charge in [0, 0.05) is 48.8 Å². The summed E-state index contributed by atoms with van der Waals surface area (Å²) in [5.74, 6) is -0.0110. The van der Waals surface area contributed by atoms with Crippen LogP contribution in [-0.2, 0) is 6.54 Å². The summed E-state index contributed by atoms with van der Waals surface area (Å²) in [4.78, 5) is 25.4. The van der Waals surface area contributed by atoms with Crippen LogP contribution in [0, 0.1) is 0 Å². The molecule has 0 saturated carbocycles. The summed E-state index contributed by atoms with van der Waals surface area (Å²) >= 11 is 0. The summed E-state index contributed by atoms with van der Waals surface area (Å²) in [6.45, 7) is 4.14. The van der Waals surface area contributed by atoms with Crippen LogP contribution in [0.4, 0.5) is 5.69 Å². The number of rotatable bonds is 6. The van der Waals surface area contributed by atoms with Gasteiger partial charge in [0.15, 0.2) is 5.69 Å². The van der Waals surface area contributed by atoms with Crippen LogP contribution >= 0.6 is 0 Å². The summed E-state index contributed by atoms with van der Waals surface area (Å²) in [5.41, 5.74) is 7.97. The number of carbonyl (C=O) groups is 1. The first-order valence-corrected chi connectivity index (χ1v) is 10.8. The van der Waals surface area contributed by atoms with Crippen LogP contribution in [0.1, 0.15) is 10.5 Å². The highest BCUT2D eigenvalue weighted by Gasteiger charge is 2.19. The molecule has 0 aliphatic carbocycles. The zero-order chi connectivity index (χ0) is 22.9. The Balaban J connectivity index is 1.46. The van der Waals surface area contributed by atoms with Crippen molar-refractivity contribution in [3.05, 3.63) is 48.3 Å². The second kappa shape index (κ2) is 8.64. The standard InChI is InChI=1S/C23H25N7O3/c1-28-8-10-29(11-9-28)16-3-5-17(6-4-16)33-23-25-14-15-2-7-18-20(22(24)32)27-30(12-13-31)21(18)19(15)26-23/h2-7,14,31H,8-13H2,1H3,(H2,24,32). The first-order chi connectivity index (χ1) is 16.0. The fraction of sp³-hybridized carbons (Fsp3) is 0.304. The Morgan fingerprint density at radius 3 is 2.58 bits per heavy atom. The molecule has 3 N–H and O–H groups in total. The van der Waals surface area contributed by atoms with E-state index in [4.69, 9.17) is 10.5 Å². The molecule has 170 valence electrons. The fourth-order valence-corrected chi connectivity index (χ4v) is 4.13. The second-order valence-corrected chi connectivity index (χ2v) is 8.10. The third-order valence-electron chi connectivity index (χ3n) is 5.90. The maximum absolute atomic E-state index is 11.9. The van der Waals surface area contributed by atoms with Crippen LogP contribution in [0.15, 0.2) is 42.6 Å². The number of primary amides is 1. The van der Waals surface area contributed by atoms with E-state index in [2.05, 4.69) is 31.9 Å². The SMILES string of the molecule is CN1CCN(c2ccc(Oc3ncc4ccc5c(C(N)=O)nn(CCO)c5c4n3)cc2)CC1. The lowest BCUT2D eigenvalue weighted by Crippen LogP contribution is -2.44. The van der Waals surface area contributed by atoms with Gasteiger partial charge in [0.25, 0.3) is 5.91 Å². The van der Waals surface area contributed by atoms with E-state index in [0.717, 1.165) is 37.3 Å². The molecule has 5 rings (SSSR count). The number of hydrogen-bond acceptors (Lipinski definition) is 8. The smallest absolute Gasteiger partial charge is 0.322 e. The first kappa shape index (κ1) is 21.1. The van der Waals surface area contributed by atoms with Crippen molar-refractivity contribution in [2.75, 3.05) is 44.7 Å². The Bertz CT molecular complexity index is 1310. The number of aliphatic hydroxyl groups is 1. The number of likely N-dealkylation sites (N-methyl/N-ethyl adjacent to an activating group) is 1. The van der Waals surface area contributed by atoms with Crippen molar-refractivity contribution in [2.45, 2.75) is 6.54 Å². The van der Waals surface area contributed by atoms with Gasteiger partial charge in [0.05, 0.1) is 18.7 Å². The Hall–Kier alpha value is -3.76. The van der Waals surface area contributed by atoms with Crippen LogP contribution in [0.3, 0.4) is 0 Å². The van der Waals surface area contributed by atoms with Gasteiger partial charge in [-0.1, -0.05) is 6.07 Å². The van der Waals surface area contributed by atoms with E-state index in [1.165, 1.54) is 0 Å². The molecule has 0 atom stereocenters. The van der Waals surface area contributed by atoms with Crippen molar-refractivity contribution in [3.8, 4) is 11.8 Å². The average molecular weight is 447 g/mol. The predicted octanol–water partition coefficient (Wildman–Crippen LogP) is 1.61. The molecule has 0 spiro atoms. The molecule has 1 fully saturated rings. The lowest BCUT2D eigenvalue weighted by molar-refractivity contribution is 0.0996. The molecule has 2 aromatic carbocycles. The van der Waals surface area contributed by atoms with Crippen molar-refractivity contribution >= 4 is 33.4 Å². The topological polar surface area (TPSA) is 123 Å². The van der Waals surface area contributed by atoms with E-state index in [1.807, 2.05) is 30.3 Å². The van der Waals surface area contributed by atoms with Gasteiger partial charge in [-0.15, -0.1) is 0 Å². The lowest BCUT2D eigenvalue weighted by Gasteiger charge is -2.34. The van der Waals surface area contributed by atoms with Gasteiger partial charge in [-0.25, -0.2) is 4.98 Å². The van der Waals surface area contributed by atoms with Crippen molar-refractivity contribution < 1.29 is 14.6 Å². The summed E-state index contributed by atoms with van der Waals surface area (Å²) < 4.78 is 7.47. The number of nitrogens with zero attached hydrogens (tertiary/aromatic N) is 6. The number of anilines is 1. The Labute approximate surface area is 190 Å². The van der Waals surface area contributed by atoms with E-state index < -0.39 is 5.91 Å². The number of benzene rings is 2. The average Bonchev–Trinajstić information content (AvgIpc) is 3.20. The van der Waals surface area contributed by atoms with Crippen LogP contribution in [0.2, 0.25) is 0 Å². The fourth-order valence-electron chi connectivity index (χ4n) is 4.13. The monoisotopic (exact) mass is 447 g/mol. The minimum atomic E-state index is -0.637. The Morgan fingerprint density at radius 1 is 1.12 bits per heavy atom. The molecule has 1 amide bonds. The molecule has 0 radical (unpaired) electrons. The maximum atomic E-state index is 11.9. The second-order valence-electron chi connectivity index (χ2n) is 8.10. The molecule has 3 heterocycles. The molecule has 1 saturated heterocycles. The summed E-state index contributed by atoms with van der Waals surface area (Å²) in [5, 5.41) is 15.0. The van der Waals surface area contributed by atoms with E-state index in [0.29, 0.717) is 22.2 Å². The maximum Gasteiger partial charge on any atom is 0.322 e. The van der Waals surface area contributed by atoms with Gasteiger partial charge in [-0.05, 0) is 37.4 Å². The molecule has 10 heteroatoms. The highest BCUT2D eigenvalue weighted by atomic mass is 16.5. The molecule has 4 aromatic rings. The molecular weight excluding hydrogens is 422 g/mol. The van der Waals surface area contributed by atoms with Gasteiger partial charge < -0.3 is 25.4 Å². The predicted molar refractivity (Wildman–Crippen MR) is 125 cm³/mol. The van der Waals surface area contributed by atoms with Crippen LogP contribution in [-0.4, -0.2) is 75.5 Å². The van der Waals surface area contributed by atoms with E-state index >= 15 is 0 Å². The summed E-state index contributed by atoms with van der Waals surface area (Å²) in [7, 11) is 2.14. The van der Waals surface area contributed by atoms with Crippen LogP contribution in [0.25, 0.3) is 21.8 Å². The first-order valence-electron chi connectivity index (χ1n) is 10.8. The normalized spacial score (nSPS) is 14.8. The Kier molecular flexibility index (Phi) is 5.53. The molecule has 2 aromatic heterocycles. The molecule has 10 nitrogen and oxygen atoms in total. The lowest BCUT2D eigenvalue weighted by atomic mass is 10.1. The number of aromatic nitrogens is 4. The van der Waals surface area contributed by atoms with E-state index in [1.54, 1.807) is 16.9 Å². The van der Waals surface area contributed by atoms with Crippen molar-refractivity contribution in [1.82, 2.24) is 24.6 Å². The Morgan fingerprint density at radius 2 is 1.88 bits per heavy atom. The number of piperazine rings is 1. The highest BCUT2D eigenvalue weighted by Crippen LogP contribution is 2.29. The molecule has 0 unspecified atom stereocenters. The molecule has 0 bridgehead atoms. The number of ether oxygens (including phenoxy) is 1. The molecular formula is C23H25N7O3.